The minimum atomic E-state index is -0.982. The molecule has 9 rings (SSSR count). The number of amides is 5. The van der Waals surface area contributed by atoms with E-state index in [9.17, 15) is 29.2 Å². The minimum absolute atomic E-state index is 0.0490. The van der Waals surface area contributed by atoms with E-state index in [0.29, 0.717) is 34.5 Å². The van der Waals surface area contributed by atoms with Gasteiger partial charge in [0.25, 0.3) is 17.7 Å². The van der Waals surface area contributed by atoms with Gasteiger partial charge in [-0.05, 0) is 60.5 Å². The molecule has 14 heteroatoms. The molecule has 4 fully saturated rings. The molecule has 3 aromatic rings. The van der Waals surface area contributed by atoms with Gasteiger partial charge in [-0.1, -0.05) is 39.3 Å². The summed E-state index contributed by atoms with van der Waals surface area (Å²) in [5, 5.41) is 11.9. The van der Waals surface area contributed by atoms with Gasteiger partial charge >= 0.3 is 0 Å². The van der Waals surface area contributed by atoms with Crippen molar-refractivity contribution in [1.82, 2.24) is 20.0 Å². The van der Waals surface area contributed by atoms with Crippen molar-refractivity contribution >= 4 is 52.5 Å². The summed E-state index contributed by atoms with van der Waals surface area (Å²) in [6.45, 7) is 14.3. The van der Waals surface area contributed by atoms with Crippen molar-refractivity contribution in [3.63, 3.8) is 0 Å². The van der Waals surface area contributed by atoms with Crippen LogP contribution in [0.15, 0.2) is 54.6 Å². The Bertz CT molecular complexity index is 2290. The maximum atomic E-state index is 13.9. The molecule has 5 aliphatic heterocycles. The summed E-state index contributed by atoms with van der Waals surface area (Å²) in [6, 6.07) is 18.1. The highest BCUT2D eigenvalue weighted by Crippen LogP contribution is 2.59. The molecule has 6 aliphatic rings. The van der Waals surface area contributed by atoms with Crippen LogP contribution in [0.4, 0.5) is 11.4 Å². The fraction of sp³-hybridized carbons (Fsp3) is 0.442. The van der Waals surface area contributed by atoms with Crippen molar-refractivity contribution in [3.8, 4) is 11.8 Å². The SMILES string of the molecule is CC1(C)[C@H](Oc2ccc(C#N)c(Cl)c2)C(C)(C)[C@H]1N1Cc2cc(N3CCN(C4CN(c5ccc6c(c5)C(=O)N(C5CCC(=O)NC5=O)C6=O)C4)CC3)ccc2C1=O. The van der Waals surface area contributed by atoms with Gasteiger partial charge in [0.1, 0.15) is 24.0 Å². The van der Waals surface area contributed by atoms with Gasteiger partial charge in [-0.2, -0.15) is 5.26 Å². The molecule has 3 aromatic carbocycles. The van der Waals surface area contributed by atoms with Crippen molar-refractivity contribution < 1.29 is 28.7 Å². The van der Waals surface area contributed by atoms with Crippen LogP contribution in [0.1, 0.15) is 82.7 Å². The standard InChI is InChI=1S/C43H44ClN7O6/c1-42(2)40(43(3,4)41(42)57-29-8-5-24(20-45)33(44)19-29)50-21-25-17-26(6-9-30(25)37(50)54)47-13-15-48(16-14-47)28-22-49(23-28)27-7-10-31-32(18-27)39(56)51(38(31)55)34-11-12-35(52)46-36(34)53/h5-10,17-19,28,34,40-41H,11-16,21-23H2,1-4H3,(H,46,52,53)/t34?,40-,41-. The third-order valence-corrected chi connectivity index (χ3v) is 13.5. The Kier molecular flexibility index (Phi) is 8.68. The largest absolute Gasteiger partial charge is 0.489 e. The van der Waals surface area contributed by atoms with E-state index in [4.69, 9.17) is 16.3 Å². The number of benzene rings is 3. The van der Waals surface area contributed by atoms with Crippen LogP contribution in [0.3, 0.4) is 0 Å². The highest BCUT2D eigenvalue weighted by Gasteiger charge is 2.67. The molecule has 0 spiro atoms. The summed E-state index contributed by atoms with van der Waals surface area (Å²) >= 11 is 6.30. The summed E-state index contributed by atoms with van der Waals surface area (Å²) in [5.41, 5.74) is 4.08. The molecule has 1 N–H and O–H groups in total. The Morgan fingerprint density at radius 2 is 1.46 bits per heavy atom. The number of imide groups is 2. The smallest absolute Gasteiger partial charge is 0.262 e. The van der Waals surface area contributed by atoms with E-state index >= 15 is 0 Å². The lowest BCUT2D eigenvalue weighted by atomic mass is 9.49. The number of rotatable bonds is 7. The molecule has 0 aromatic heterocycles. The van der Waals surface area contributed by atoms with Crippen LogP contribution in [0.5, 0.6) is 5.75 Å². The summed E-state index contributed by atoms with van der Waals surface area (Å²) in [6.07, 6.45) is 0.0383. The van der Waals surface area contributed by atoms with Gasteiger partial charge in [-0.3, -0.25) is 39.1 Å². The number of ether oxygens (including phenoxy) is 1. The monoisotopic (exact) mass is 789 g/mol. The molecule has 3 saturated heterocycles. The number of piperidine rings is 1. The van der Waals surface area contributed by atoms with E-state index < -0.39 is 29.7 Å². The Balaban J connectivity index is 0.797. The van der Waals surface area contributed by atoms with E-state index in [-0.39, 0.29) is 47.3 Å². The summed E-state index contributed by atoms with van der Waals surface area (Å²) in [7, 11) is 0. The first-order valence-electron chi connectivity index (χ1n) is 19.6. The normalized spacial score (nSPS) is 25.5. The summed E-state index contributed by atoms with van der Waals surface area (Å²) in [5.74, 6) is -1.35. The fourth-order valence-electron chi connectivity index (χ4n) is 10.6. The number of hydrogen-bond donors (Lipinski definition) is 1. The van der Waals surface area contributed by atoms with Crippen LogP contribution in [0.25, 0.3) is 0 Å². The van der Waals surface area contributed by atoms with Crippen molar-refractivity contribution in [2.75, 3.05) is 49.1 Å². The lowest BCUT2D eigenvalue weighted by Crippen LogP contribution is -2.74. The number of fused-ring (bicyclic) bond motifs is 2. The van der Waals surface area contributed by atoms with Crippen LogP contribution < -0.4 is 19.9 Å². The molecule has 1 saturated carbocycles. The summed E-state index contributed by atoms with van der Waals surface area (Å²) in [4.78, 5) is 74.6. The lowest BCUT2D eigenvalue weighted by molar-refractivity contribution is -0.199. The van der Waals surface area contributed by atoms with Gasteiger partial charge in [-0.15, -0.1) is 0 Å². The molecule has 294 valence electrons. The van der Waals surface area contributed by atoms with Crippen LogP contribution in [0.2, 0.25) is 5.02 Å². The van der Waals surface area contributed by atoms with Gasteiger partial charge in [0.05, 0.1) is 21.7 Å². The number of halogens is 1. The fourth-order valence-corrected chi connectivity index (χ4v) is 10.9. The molecule has 1 aliphatic carbocycles. The predicted octanol–water partition coefficient (Wildman–Crippen LogP) is 4.46. The lowest BCUT2D eigenvalue weighted by Gasteiger charge is -2.65. The molecule has 1 unspecified atom stereocenters. The number of hydrogen-bond acceptors (Lipinski definition) is 10. The molecule has 5 heterocycles. The average Bonchev–Trinajstić information content (AvgIpc) is 3.60. The quantitative estimate of drug-likeness (QED) is 0.341. The van der Waals surface area contributed by atoms with E-state index in [1.54, 1.807) is 30.3 Å². The zero-order valence-electron chi connectivity index (χ0n) is 32.4. The molecule has 1 atom stereocenters. The number of nitrogens with one attached hydrogen (secondary N) is 1. The number of nitrogens with zero attached hydrogens (tertiary/aromatic N) is 6. The maximum absolute atomic E-state index is 13.9. The second kappa shape index (κ2) is 13.3. The molecule has 57 heavy (non-hydrogen) atoms. The molecule has 13 nitrogen and oxygen atoms in total. The van der Waals surface area contributed by atoms with Gasteiger partial charge < -0.3 is 19.4 Å². The molecular weight excluding hydrogens is 746 g/mol. The third-order valence-electron chi connectivity index (χ3n) is 13.2. The van der Waals surface area contributed by atoms with E-state index in [1.807, 2.05) is 17.0 Å². The Morgan fingerprint density at radius 3 is 2.12 bits per heavy atom. The Hall–Kier alpha value is -5.45. The predicted molar refractivity (Wildman–Crippen MR) is 211 cm³/mol. The second-order valence-corrected chi connectivity index (χ2v) is 17.7. The molecular formula is C43H44ClN7O6. The third kappa shape index (κ3) is 5.86. The topological polar surface area (TPSA) is 147 Å². The van der Waals surface area contributed by atoms with Gasteiger partial charge in [-0.25, -0.2) is 0 Å². The Labute approximate surface area is 336 Å². The molecule has 5 amide bonds. The highest BCUT2D eigenvalue weighted by atomic mass is 35.5. The van der Waals surface area contributed by atoms with Crippen molar-refractivity contribution in [1.29, 1.82) is 5.26 Å². The maximum Gasteiger partial charge on any atom is 0.262 e. The highest BCUT2D eigenvalue weighted by molar-refractivity contribution is 6.31. The molecule has 0 bridgehead atoms. The first-order chi connectivity index (χ1) is 27.2. The second-order valence-electron chi connectivity index (χ2n) is 17.3. The number of nitriles is 1. The Morgan fingerprint density at radius 1 is 0.789 bits per heavy atom. The van der Waals surface area contributed by atoms with Gasteiger partial charge in [0.15, 0.2) is 0 Å². The van der Waals surface area contributed by atoms with Crippen molar-refractivity contribution in [2.24, 2.45) is 10.8 Å². The number of anilines is 2. The zero-order valence-corrected chi connectivity index (χ0v) is 33.1. The molecule has 0 radical (unpaired) electrons. The minimum Gasteiger partial charge on any atom is -0.489 e. The average molecular weight is 790 g/mol. The van der Waals surface area contributed by atoms with Crippen LogP contribution >= 0.6 is 11.6 Å². The zero-order chi connectivity index (χ0) is 40.1. The van der Waals surface area contributed by atoms with E-state index in [1.165, 1.54) is 0 Å². The van der Waals surface area contributed by atoms with Crippen LogP contribution in [-0.4, -0.2) is 108 Å². The van der Waals surface area contributed by atoms with Crippen molar-refractivity contribution in [2.45, 2.75) is 71.3 Å². The first kappa shape index (κ1) is 37.1. The van der Waals surface area contributed by atoms with E-state index in [0.717, 1.165) is 66.7 Å². The van der Waals surface area contributed by atoms with Crippen molar-refractivity contribution in [3.05, 3.63) is 87.4 Å². The number of carbonyl (C=O) groups is 5. The van der Waals surface area contributed by atoms with Gasteiger partial charge in [0, 0.05) is 98.2 Å². The van der Waals surface area contributed by atoms with Crippen LogP contribution in [-0.2, 0) is 16.1 Å². The van der Waals surface area contributed by atoms with Crippen LogP contribution in [0, 0.1) is 22.2 Å². The first-order valence-corrected chi connectivity index (χ1v) is 19.9. The number of carbonyl (C=O) groups excluding carboxylic acids is 5. The van der Waals surface area contributed by atoms with E-state index in [2.05, 4.69) is 65.9 Å². The van der Waals surface area contributed by atoms with Gasteiger partial charge in [0.2, 0.25) is 11.8 Å². The number of piperazine rings is 1. The summed E-state index contributed by atoms with van der Waals surface area (Å²) < 4.78 is 6.49.